The third-order valence-electron chi connectivity index (χ3n) is 7.39. The number of likely N-dealkylation sites (tertiary alicyclic amines) is 1. The van der Waals surface area contributed by atoms with Gasteiger partial charge in [0.15, 0.2) is 0 Å². The number of anilines is 1. The Morgan fingerprint density at radius 1 is 1.14 bits per heavy atom. The van der Waals surface area contributed by atoms with Gasteiger partial charge in [-0.05, 0) is 36.5 Å². The molecule has 1 aromatic carbocycles. The number of hydrogen-bond acceptors (Lipinski definition) is 4. The number of carbonyl (C=O) groups excluding carboxylic acids is 1. The van der Waals surface area contributed by atoms with Gasteiger partial charge in [0, 0.05) is 42.5 Å². The summed E-state index contributed by atoms with van der Waals surface area (Å²) in [5.74, 6) is -0.333. The molecule has 3 aromatic rings. The van der Waals surface area contributed by atoms with E-state index in [9.17, 15) is 18.0 Å². The minimum Gasteiger partial charge on any atom is -0.383 e. The van der Waals surface area contributed by atoms with E-state index in [2.05, 4.69) is 29.2 Å². The Morgan fingerprint density at radius 3 is 2.56 bits per heavy atom. The van der Waals surface area contributed by atoms with Crippen molar-refractivity contribution in [3.05, 3.63) is 65.5 Å². The first-order valence-corrected chi connectivity index (χ1v) is 12.1. The molecule has 190 valence electrons. The maximum atomic E-state index is 13.3. The van der Waals surface area contributed by atoms with Crippen molar-refractivity contribution in [1.29, 1.82) is 0 Å². The van der Waals surface area contributed by atoms with Crippen LogP contribution in [0.2, 0.25) is 0 Å². The molecule has 1 saturated heterocycles. The van der Waals surface area contributed by atoms with E-state index >= 15 is 0 Å². The Bertz CT molecular complexity index is 1270. The zero-order chi connectivity index (χ0) is 25.7. The highest BCUT2D eigenvalue weighted by molar-refractivity contribution is 5.75. The van der Waals surface area contributed by atoms with Gasteiger partial charge in [-0.1, -0.05) is 44.2 Å². The van der Waals surface area contributed by atoms with Gasteiger partial charge in [-0.2, -0.15) is 18.3 Å². The van der Waals surface area contributed by atoms with E-state index in [1.165, 1.54) is 6.20 Å². The summed E-state index contributed by atoms with van der Waals surface area (Å²) in [6.45, 7) is 5.95. The van der Waals surface area contributed by atoms with Crippen LogP contribution in [0, 0.1) is 5.92 Å². The van der Waals surface area contributed by atoms with Crippen LogP contribution in [0.4, 0.5) is 23.8 Å². The number of rotatable bonds is 4. The van der Waals surface area contributed by atoms with Crippen molar-refractivity contribution in [2.24, 2.45) is 5.92 Å². The number of aryl methyl sites for hydroxylation is 1. The molecule has 10 heteroatoms. The Labute approximate surface area is 207 Å². The quantitative estimate of drug-likeness (QED) is 0.530. The summed E-state index contributed by atoms with van der Waals surface area (Å²) in [5, 5.41) is 7.76. The number of alkyl halides is 3. The van der Waals surface area contributed by atoms with Gasteiger partial charge in [0.1, 0.15) is 5.82 Å². The number of carbonyl (C=O) groups is 1. The Morgan fingerprint density at radius 2 is 1.86 bits per heavy atom. The maximum absolute atomic E-state index is 13.3. The van der Waals surface area contributed by atoms with Crippen molar-refractivity contribution in [3.8, 4) is 11.3 Å². The fraction of sp³-hybridized carbons (Fsp3) is 0.423. The van der Waals surface area contributed by atoms with E-state index < -0.39 is 17.6 Å². The van der Waals surface area contributed by atoms with Crippen molar-refractivity contribution < 1.29 is 18.0 Å². The molecule has 1 spiro atoms. The third kappa shape index (κ3) is 4.29. The van der Waals surface area contributed by atoms with E-state index in [1.54, 1.807) is 0 Å². The zero-order valence-corrected chi connectivity index (χ0v) is 20.2. The molecular weight excluding hydrogens is 469 g/mol. The van der Waals surface area contributed by atoms with Gasteiger partial charge in [-0.3, -0.25) is 4.68 Å². The van der Waals surface area contributed by atoms with Gasteiger partial charge in [0.2, 0.25) is 0 Å². The number of benzene rings is 1. The molecule has 7 nitrogen and oxygen atoms in total. The number of hydrogen-bond donors (Lipinski definition) is 2. The number of amides is 2. The predicted octanol–water partition coefficient (Wildman–Crippen LogP) is 5.00. The van der Waals surface area contributed by atoms with Crippen LogP contribution in [-0.4, -0.2) is 38.8 Å². The van der Waals surface area contributed by atoms with Crippen LogP contribution in [-0.2, 0) is 18.1 Å². The van der Waals surface area contributed by atoms with Crippen molar-refractivity contribution in [2.45, 2.75) is 50.9 Å². The highest BCUT2D eigenvalue weighted by Crippen LogP contribution is 2.44. The summed E-state index contributed by atoms with van der Waals surface area (Å²) in [5.41, 5.74) is 6.92. The molecule has 0 saturated carbocycles. The van der Waals surface area contributed by atoms with Crippen molar-refractivity contribution in [3.63, 3.8) is 0 Å². The fourth-order valence-electron chi connectivity index (χ4n) is 5.42. The molecule has 5 rings (SSSR count). The Kier molecular flexibility index (Phi) is 5.92. The van der Waals surface area contributed by atoms with E-state index in [1.807, 2.05) is 46.0 Å². The number of urea groups is 1. The predicted molar refractivity (Wildman–Crippen MR) is 130 cm³/mol. The van der Waals surface area contributed by atoms with Crippen LogP contribution in [0.1, 0.15) is 49.6 Å². The average Bonchev–Trinajstić information content (AvgIpc) is 3.54. The second-order valence-electron chi connectivity index (χ2n) is 10.1. The van der Waals surface area contributed by atoms with Gasteiger partial charge >= 0.3 is 12.2 Å². The lowest BCUT2D eigenvalue weighted by Gasteiger charge is -2.28. The molecule has 2 aliphatic rings. The van der Waals surface area contributed by atoms with Crippen LogP contribution in [0.15, 0.2) is 48.7 Å². The molecule has 36 heavy (non-hydrogen) atoms. The molecule has 2 aliphatic heterocycles. The van der Waals surface area contributed by atoms with Crippen molar-refractivity contribution >= 4 is 11.8 Å². The van der Waals surface area contributed by atoms with Gasteiger partial charge in [-0.15, -0.1) is 0 Å². The number of nitrogens with one attached hydrogen (secondary N) is 1. The van der Waals surface area contributed by atoms with Crippen molar-refractivity contribution in [2.75, 3.05) is 18.8 Å². The summed E-state index contributed by atoms with van der Waals surface area (Å²) >= 11 is 0. The topological polar surface area (TPSA) is 89.1 Å². The summed E-state index contributed by atoms with van der Waals surface area (Å²) < 4.78 is 41.8. The normalized spacial score (nSPS) is 20.2. The number of pyridine rings is 1. The molecule has 2 atom stereocenters. The van der Waals surface area contributed by atoms with Gasteiger partial charge in [0.25, 0.3) is 0 Å². The van der Waals surface area contributed by atoms with Crippen molar-refractivity contribution in [1.82, 2.24) is 25.0 Å². The molecule has 0 aliphatic carbocycles. The molecule has 0 radical (unpaired) electrons. The SMILES string of the molecule is CC(C)C(NC(=O)N1CCC2(CCn3nc(-c4cnc(N)c(C(F)(F)F)c4)cc32)C1)c1ccccc1. The second-order valence-corrected chi connectivity index (χ2v) is 10.1. The van der Waals surface area contributed by atoms with Crippen LogP contribution in [0.3, 0.4) is 0 Å². The van der Waals surface area contributed by atoms with Crippen LogP contribution < -0.4 is 11.1 Å². The number of nitrogens with zero attached hydrogens (tertiary/aromatic N) is 4. The van der Waals surface area contributed by atoms with Crippen LogP contribution in [0.5, 0.6) is 0 Å². The molecule has 2 amide bonds. The first-order valence-electron chi connectivity index (χ1n) is 12.1. The molecule has 2 unspecified atom stereocenters. The van der Waals surface area contributed by atoms with Gasteiger partial charge in [0.05, 0.1) is 17.3 Å². The molecule has 1 fully saturated rings. The first-order chi connectivity index (χ1) is 17.1. The standard InChI is InChI=1S/C26H29F3N6O/c1-16(2)22(17-6-4-3-5-7-17)32-24(36)34-10-8-25(15-34)9-11-35-21(25)13-20(33-35)18-12-19(26(27,28)29)23(30)31-14-18/h3-7,12-14,16,22H,8-11,15H2,1-2H3,(H2,30,31)(H,32,36). The lowest BCUT2D eigenvalue weighted by Crippen LogP contribution is -2.43. The number of nitrogens with two attached hydrogens (primary N) is 1. The summed E-state index contributed by atoms with van der Waals surface area (Å²) in [6, 6.07) is 12.5. The Balaban J connectivity index is 1.35. The lowest BCUT2D eigenvalue weighted by molar-refractivity contribution is -0.137. The molecular formula is C26H29F3N6O. The molecule has 2 aromatic heterocycles. The van der Waals surface area contributed by atoms with Gasteiger partial charge < -0.3 is 16.0 Å². The highest BCUT2D eigenvalue weighted by atomic mass is 19.4. The summed E-state index contributed by atoms with van der Waals surface area (Å²) in [7, 11) is 0. The van der Waals surface area contributed by atoms with Crippen LogP contribution >= 0.6 is 0 Å². The Hall–Kier alpha value is -3.56. The number of nitrogen functional groups attached to an aromatic ring is 1. The van der Waals surface area contributed by atoms with E-state index in [-0.39, 0.29) is 29.0 Å². The molecule has 4 heterocycles. The number of aromatic nitrogens is 3. The average molecular weight is 499 g/mol. The number of halogens is 3. The molecule has 3 N–H and O–H groups in total. The van der Waals surface area contributed by atoms with Crippen LogP contribution in [0.25, 0.3) is 11.3 Å². The number of fused-ring (bicyclic) bond motifs is 2. The monoisotopic (exact) mass is 498 g/mol. The van der Waals surface area contributed by atoms with E-state index in [0.29, 0.717) is 25.3 Å². The van der Waals surface area contributed by atoms with E-state index in [4.69, 9.17) is 5.73 Å². The van der Waals surface area contributed by atoms with Gasteiger partial charge in [-0.25, -0.2) is 9.78 Å². The molecule has 0 bridgehead atoms. The third-order valence-corrected chi connectivity index (χ3v) is 7.39. The smallest absolute Gasteiger partial charge is 0.383 e. The first kappa shape index (κ1) is 24.1. The fourth-order valence-corrected chi connectivity index (χ4v) is 5.42. The summed E-state index contributed by atoms with van der Waals surface area (Å²) in [6.07, 6.45) is -1.67. The zero-order valence-electron chi connectivity index (χ0n) is 20.2. The lowest BCUT2D eigenvalue weighted by atomic mass is 9.82. The minimum absolute atomic E-state index is 0.100. The van der Waals surface area contributed by atoms with E-state index in [0.717, 1.165) is 30.2 Å². The summed E-state index contributed by atoms with van der Waals surface area (Å²) in [4.78, 5) is 18.8. The largest absolute Gasteiger partial charge is 0.419 e. The highest BCUT2D eigenvalue weighted by Gasteiger charge is 2.47. The maximum Gasteiger partial charge on any atom is 0.419 e. The second kappa shape index (κ2) is 8.83. The minimum atomic E-state index is -4.59.